The Bertz CT molecular complexity index is 241. The number of nitrogens with one attached hydrogen (secondary N) is 1. The molecular formula is C8H12Cl2N2S. The van der Waals surface area contributed by atoms with E-state index in [0.29, 0.717) is 5.04 Å². The molecule has 0 radical (unpaired) electrons. The summed E-state index contributed by atoms with van der Waals surface area (Å²) in [6.45, 7) is 1.79. The number of pyridine rings is 1. The highest BCUT2D eigenvalue weighted by molar-refractivity contribution is 8.13. The van der Waals surface area contributed by atoms with Crippen LogP contribution in [-0.4, -0.2) is 10.0 Å². The zero-order valence-corrected chi connectivity index (χ0v) is 9.64. The molecular weight excluding hydrogens is 227 g/mol. The third-order valence-electron chi connectivity index (χ3n) is 1.16. The smallest absolute Gasteiger partial charge is 0.0614 e. The van der Waals surface area contributed by atoms with Gasteiger partial charge in [-0.2, -0.15) is 0 Å². The van der Waals surface area contributed by atoms with Crippen LogP contribution in [0.2, 0.25) is 0 Å². The van der Waals surface area contributed by atoms with E-state index in [1.165, 1.54) is 11.8 Å². The summed E-state index contributed by atoms with van der Waals surface area (Å²) in [6.07, 6.45) is 1.77. The van der Waals surface area contributed by atoms with Gasteiger partial charge in [0.25, 0.3) is 0 Å². The van der Waals surface area contributed by atoms with E-state index in [0.717, 1.165) is 11.4 Å². The van der Waals surface area contributed by atoms with Crippen molar-refractivity contribution in [1.29, 1.82) is 5.41 Å². The summed E-state index contributed by atoms with van der Waals surface area (Å²) < 4.78 is 0. The molecule has 13 heavy (non-hydrogen) atoms. The Morgan fingerprint density at radius 1 is 1.46 bits per heavy atom. The lowest BCUT2D eigenvalue weighted by Gasteiger charge is -1.96. The van der Waals surface area contributed by atoms with Crippen LogP contribution in [-0.2, 0) is 5.75 Å². The van der Waals surface area contributed by atoms with E-state index in [2.05, 4.69) is 4.98 Å². The van der Waals surface area contributed by atoms with Gasteiger partial charge in [-0.15, -0.1) is 36.6 Å². The fourth-order valence-electron chi connectivity index (χ4n) is 0.666. The van der Waals surface area contributed by atoms with E-state index in [-0.39, 0.29) is 24.8 Å². The zero-order chi connectivity index (χ0) is 8.10. The highest BCUT2D eigenvalue weighted by atomic mass is 35.5. The number of hydrogen-bond acceptors (Lipinski definition) is 3. The van der Waals surface area contributed by atoms with Crippen molar-refractivity contribution in [2.24, 2.45) is 0 Å². The Morgan fingerprint density at radius 3 is 2.62 bits per heavy atom. The van der Waals surface area contributed by atoms with E-state index in [9.17, 15) is 0 Å². The fourth-order valence-corrected chi connectivity index (χ4v) is 1.20. The third-order valence-corrected chi connectivity index (χ3v) is 2.04. The molecule has 5 heteroatoms. The van der Waals surface area contributed by atoms with Crippen LogP contribution < -0.4 is 0 Å². The molecule has 0 saturated heterocycles. The van der Waals surface area contributed by atoms with Crippen molar-refractivity contribution in [2.75, 3.05) is 0 Å². The van der Waals surface area contributed by atoms with Crippen LogP contribution in [0, 0.1) is 5.41 Å². The topological polar surface area (TPSA) is 36.7 Å². The minimum absolute atomic E-state index is 0. The molecule has 1 heterocycles. The molecule has 0 aliphatic heterocycles. The Balaban J connectivity index is 0. The molecule has 1 N–H and O–H groups in total. The lowest BCUT2D eigenvalue weighted by molar-refractivity contribution is 1.18. The normalized spacial score (nSPS) is 8.08. The average molecular weight is 239 g/mol. The molecule has 0 bridgehead atoms. The van der Waals surface area contributed by atoms with Crippen molar-refractivity contribution in [3.63, 3.8) is 0 Å². The number of rotatable bonds is 2. The maximum atomic E-state index is 7.18. The van der Waals surface area contributed by atoms with Gasteiger partial charge in [0.05, 0.1) is 10.7 Å². The largest absolute Gasteiger partial charge is 0.299 e. The van der Waals surface area contributed by atoms with Crippen molar-refractivity contribution in [3.8, 4) is 0 Å². The molecule has 1 aromatic rings. The molecule has 0 amide bonds. The van der Waals surface area contributed by atoms with Gasteiger partial charge in [0.15, 0.2) is 0 Å². The molecule has 0 aliphatic rings. The zero-order valence-electron chi connectivity index (χ0n) is 7.19. The van der Waals surface area contributed by atoms with Gasteiger partial charge in [-0.05, 0) is 19.1 Å². The first kappa shape index (κ1) is 15.2. The van der Waals surface area contributed by atoms with E-state index in [1.807, 2.05) is 18.2 Å². The summed E-state index contributed by atoms with van der Waals surface area (Å²) in [5, 5.41) is 7.81. The number of nitrogens with zero attached hydrogens (tertiary/aromatic N) is 1. The Morgan fingerprint density at radius 2 is 2.15 bits per heavy atom. The lowest BCUT2D eigenvalue weighted by atomic mass is 10.4. The van der Waals surface area contributed by atoms with Crippen LogP contribution in [0.4, 0.5) is 0 Å². The van der Waals surface area contributed by atoms with Crippen LogP contribution in [0.3, 0.4) is 0 Å². The maximum absolute atomic E-state index is 7.18. The highest BCUT2D eigenvalue weighted by Crippen LogP contribution is 2.09. The molecule has 74 valence electrons. The van der Waals surface area contributed by atoms with E-state index < -0.39 is 0 Å². The summed E-state index contributed by atoms with van der Waals surface area (Å²) in [6, 6.07) is 5.82. The molecule has 0 unspecified atom stereocenters. The second-order valence-electron chi connectivity index (χ2n) is 2.17. The molecule has 0 aliphatic carbocycles. The Kier molecular flexibility index (Phi) is 9.79. The van der Waals surface area contributed by atoms with Gasteiger partial charge < -0.3 is 0 Å². The van der Waals surface area contributed by atoms with E-state index >= 15 is 0 Å². The van der Waals surface area contributed by atoms with E-state index in [1.54, 1.807) is 13.1 Å². The summed E-state index contributed by atoms with van der Waals surface area (Å²) in [5.41, 5.74) is 1.03. The first-order chi connectivity index (χ1) is 5.29. The minimum atomic E-state index is 0. The van der Waals surface area contributed by atoms with Crippen molar-refractivity contribution >= 4 is 41.6 Å². The molecule has 0 saturated carbocycles. The molecule has 0 aromatic carbocycles. The Labute approximate surface area is 94.9 Å². The summed E-state index contributed by atoms with van der Waals surface area (Å²) >= 11 is 1.51. The van der Waals surface area contributed by atoms with Gasteiger partial charge in [0, 0.05) is 11.9 Å². The first-order valence-corrected chi connectivity index (χ1v) is 4.35. The van der Waals surface area contributed by atoms with Crippen molar-refractivity contribution in [2.45, 2.75) is 12.7 Å². The van der Waals surface area contributed by atoms with Crippen LogP contribution in [0.1, 0.15) is 12.6 Å². The maximum Gasteiger partial charge on any atom is 0.0614 e. The second-order valence-corrected chi connectivity index (χ2v) is 3.36. The number of halogens is 2. The second kappa shape index (κ2) is 8.35. The van der Waals surface area contributed by atoms with Crippen LogP contribution in [0.15, 0.2) is 24.4 Å². The Hall–Kier alpha value is -0.250. The average Bonchev–Trinajstić information content (AvgIpc) is 2.03. The van der Waals surface area contributed by atoms with Gasteiger partial charge in [0.1, 0.15) is 0 Å². The number of aromatic nitrogens is 1. The summed E-state index contributed by atoms with van der Waals surface area (Å²) in [7, 11) is 0. The lowest BCUT2D eigenvalue weighted by Crippen LogP contribution is -1.87. The van der Waals surface area contributed by atoms with Crippen molar-refractivity contribution < 1.29 is 0 Å². The van der Waals surface area contributed by atoms with Crippen LogP contribution in [0.5, 0.6) is 0 Å². The van der Waals surface area contributed by atoms with Crippen molar-refractivity contribution in [3.05, 3.63) is 30.1 Å². The molecule has 2 nitrogen and oxygen atoms in total. The summed E-state index contributed by atoms with van der Waals surface area (Å²) in [4.78, 5) is 4.13. The number of thioether (sulfide) groups is 1. The van der Waals surface area contributed by atoms with Gasteiger partial charge in [-0.25, -0.2) is 0 Å². The quantitative estimate of drug-likeness (QED) is 0.635. The monoisotopic (exact) mass is 238 g/mol. The molecule has 0 fully saturated rings. The van der Waals surface area contributed by atoms with Crippen molar-refractivity contribution in [1.82, 2.24) is 4.98 Å². The number of hydrogen-bond donors (Lipinski definition) is 1. The van der Waals surface area contributed by atoms with Gasteiger partial charge in [-0.3, -0.25) is 10.4 Å². The highest BCUT2D eigenvalue weighted by Gasteiger charge is 1.93. The molecule has 1 rings (SSSR count). The minimum Gasteiger partial charge on any atom is -0.299 e. The standard InChI is InChI=1S/C8H10N2S.2ClH/c1-7(9)11-6-8-4-2-3-5-10-8;;/h2-5,9H,6H2,1H3;2*1H. The predicted octanol–water partition coefficient (Wildman–Crippen LogP) is 3.16. The fraction of sp³-hybridized carbons (Fsp3) is 0.250. The van der Waals surface area contributed by atoms with Gasteiger partial charge >= 0.3 is 0 Å². The van der Waals surface area contributed by atoms with Crippen LogP contribution in [0.25, 0.3) is 0 Å². The van der Waals surface area contributed by atoms with Gasteiger partial charge in [0.2, 0.25) is 0 Å². The van der Waals surface area contributed by atoms with Gasteiger partial charge in [-0.1, -0.05) is 6.07 Å². The summed E-state index contributed by atoms with van der Waals surface area (Å²) in [5.74, 6) is 0.802. The predicted molar refractivity (Wildman–Crippen MR) is 63.4 cm³/mol. The first-order valence-electron chi connectivity index (χ1n) is 3.37. The third kappa shape index (κ3) is 6.87. The van der Waals surface area contributed by atoms with E-state index in [4.69, 9.17) is 5.41 Å². The van der Waals surface area contributed by atoms with Crippen LogP contribution >= 0.6 is 36.6 Å². The molecule has 0 spiro atoms. The molecule has 1 aromatic heterocycles. The molecule has 0 atom stereocenters. The SMILES string of the molecule is CC(=N)SCc1ccccn1.Cl.Cl.